The average molecular weight is 182 g/mol. The predicted octanol–water partition coefficient (Wildman–Crippen LogP) is 2.48. The summed E-state index contributed by atoms with van der Waals surface area (Å²) in [4.78, 5) is 0. The van der Waals surface area contributed by atoms with Gasteiger partial charge < -0.3 is 10.2 Å². The van der Waals surface area contributed by atoms with Gasteiger partial charge in [-0.25, -0.2) is 0 Å². The smallest absolute Gasteiger partial charge is 0.178 e. The maximum absolute atomic E-state index is 8.58. The quantitative estimate of drug-likeness (QED) is 0.690. The number of benzene rings is 1. The summed E-state index contributed by atoms with van der Waals surface area (Å²) in [6.45, 7) is 4.36. The fourth-order valence-electron chi connectivity index (χ4n) is 0.625. The van der Waals surface area contributed by atoms with Crippen molar-refractivity contribution in [1.29, 1.82) is 0 Å². The lowest BCUT2D eigenvalue weighted by Crippen LogP contribution is -1.92. The van der Waals surface area contributed by atoms with Gasteiger partial charge in [-0.1, -0.05) is 57.0 Å². The number of aliphatic hydroxyl groups excluding tert-OH is 1. The van der Waals surface area contributed by atoms with E-state index in [1.807, 2.05) is 6.07 Å². The molecule has 1 aromatic carbocycles. The van der Waals surface area contributed by atoms with Crippen molar-refractivity contribution in [3.63, 3.8) is 0 Å². The maximum Gasteiger partial charge on any atom is 0.178 e. The first-order chi connectivity index (χ1) is 6.22. The van der Waals surface area contributed by atoms with Gasteiger partial charge in [-0.2, -0.15) is 0 Å². The lowest BCUT2D eigenvalue weighted by Gasteiger charge is -1.99. The Hall–Kier alpha value is -0.860. The van der Waals surface area contributed by atoms with Crippen molar-refractivity contribution in [3.8, 4) is 0 Å². The number of aliphatic hydroxyl groups is 2. The summed E-state index contributed by atoms with van der Waals surface area (Å²) in [6, 6.07) is 8.66. The van der Waals surface area contributed by atoms with Crippen LogP contribution in [0.2, 0.25) is 0 Å². The van der Waals surface area contributed by atoms with Gasteiger partial charge in [0.25, 0.3) is 0 Å². The average Bonchev–Trinajstić information content (AvgIpc) is 2.19. The van der Waals surface area contributed by atoms with Crippen LogP contribution in [-0.4, -0.2) is 10.2 Å². The molecule has 0 radical (unpaired) electrons. The van der Waals surface area contributed by atoms with Gasteiger partial charge in [-0.3, -0.25) is 0 Å². The molecule has 0 aromatic heterocycles. The molecule has 0 saturated heterocycles. The van der Waals surface area contributed by atoms with E-state index in [1.165, 1.54) is 12.8 Å². The van der Waals surface area contributed by atoms with Crippen LogP contribution in [0.4, 0.5) is 0 Å². The van der Waals surface area contributed by atoms with Gasteiger partial charge in [0.2, 0.25) is 0 Å². The van der Waals surface area contributed by atoms with E-state index in [4.69, 9.17) is 10.2 Å². The van der Waals surface area contributed by atoms with E-state index < -0.39 is 6.29 Å². The summed E-state index contributed by atoms with van der Waals surface area (Å²) in [5.74, 6) is 0. The van der Waals surface area contributed by atoms with Crippen molar-refractivity contribution >= 4 is 0 Å². The lowest BCUT2D eigenvalue weighted by molar-refractivity contribution is -0.0424. The molecular formula is C11H18O2. The van der Waals surface area contributed by atoms with E-state index in [2.05, 4.69) is 13.8 Å². The molecule has 0 atom stereocenters. The third-order valence-electron chi connectivity index (χ3n) is 1.60. The fraction of sp³-hybridized carbons (Fsp3) is 0.455. The maximum atomic E-state index is 8.58. The van der Waals surface area contributed by atoms with Crippen molar-refractivity contribution in [1.82, 2.24) is 0 Å². The Labute approximate surface area is 79.9 Å². The van der Waals surface area contributed by atoms with E-state index in [0.717, 1.165) is 0 Å². The van der Waals surface area contributed by atoms with E-state index in [1.54, 1.807) is 24.3 Å². The minimum absolute atomic E-state index is 0.525. The molecule has 0 amide bonds. The Bertz CT molecular complexity index is 193. The zero-order valence-corrected chi connectivity index (χ0v) is 8.27. The van der Waals surface area contributed by atoms with Crippen molar-refractivity contribution in [2.45, 2.75) is 33.0 Å². The minimum Gasteiger partial charge on any atom is -0.364 e. The Kier molecular flexibility index (Phi) is 7.26. The second-order valence-corrected chi connectivity index (χ2v) is 2.78. The SMILES string of the molecule is CCCC.OC(O)c1ccccc1. The highest BCUT2D eigenvalue weighted by Crippen LogP contribution is 2.06. The van der Waals surface area contributed by atoms with Gasteiger partial charge in [0.1, 0.15) is 0 Å². The Morgan fingerprint density at radius 3 is 1.69 bits per heavy atom. The second kappa shape index (κ2) is 7.77. The molecular weight excluding hydrogens is 164 g/mol. The number of unbranched alkanes of at least 4 members (excludes halogenated alkanes) is 1. The molecule has 2 heteroatoms. The largest absolute Gasteiger partial charge is 0.364 e. The van der Waals surface area contributed by atoms with Crippen LogP contribution in [0.1, 0.15) is 38.5 Å². The minimum atomic E-state index is -1.34. The monoisotopic (exact) mass is 182 g/mol. The predicted molar refractivity (Wildman–Crippen MR) is 54.2 cm³/mol. The summed E-state index contributed by atoms with van der Waals surface area (Å²) in [6.07, 6.45) is 1.30. The van der Waals surface area contributed by atoms with Crippen molar-refractivity contribution < 1.29 is 10.2 Å². The van der Waals surface area contributed by atoms with Crippen molar-refractivity contribution in [3.05, 3.63) is 35.9 Å². The van der Waals surface area contributed by atoms with Gasteiger partial charge in [-0.15, -0.1) is 0 Å². The Morgan fingerprint density at radius 1 is 1.00 bits per heavy atom. The van der Waals surface area contributed by atoms with E-state index >= 15 is 0 Å². The first kappa shape index (κ1) is 12.1. The third kappa shape index (κ3) is 6.31. The van der Waals surface area contributed by atoms with Crippen molar-refractivity contribution in [2.75, 3.05) is 0 Å². The molecule has 0 aliphatic heterocycles. The van der Waals surface area contributed by atoms with Crippen LogP contribution in [0.5, 0.6) is 0 Å². The molecule has 0 spiro atoms. The summed E-state index contributed by atoms with van der Waals surface area (Å²) in [7, 11) is 0. The van der Waals surface area contributed by atoms with Gasteiger partial charge in [0.15, 0.2) is 6.29 Å². The van der Waals surface area contributed by atoms with Crippen LogP contribution in [0.3, 0.4) is 0 Å². The molecule has 0 heterocycles. The summed E-state index contributed by atoms with van der Waals surface area (Å²) < 4.78 is 0. The summed E-state index contributed by atoms with van der Waals surface area (Å²) in [5, 5.41) is 17.2. The van der Waals surface area contributed by atoms with E-state index in [0.29, 0.717) is 5.56 Å². The fourth-order valence-corrected chi connectivity index (χ4v) is 0.625. The molecule has 74 valence electrons. The molecule has 0 unspecified atom stereocenters. The van der Waals surface area contributed by atoms with Crippen LogP contribution in [-0.2, 0) is 0 Å². The highest BCUT2D eigenvalue weighted by Gasteiger charge is 1.97. The molecule has 2 N–H and O–H groups in total. The summed E-state index contributed by atoms with van der Waals surface area (Å²) >= 11 is 0. The van der Waals surface area contributed by atoms with Crippen LogP contribution >= 0.6 is 0 Å². The first-order valence-corrected chi connectivity index (χ1v) is 4.63. The normalized spacial score (nSPS) is 9.31. The molecule has 2 nitrogen and oxygen atoms in total. The standard InChI is InChI=1S/C7H8O2.C4H10/c8-7(9)6-4-2-1-3-5-6;1-3-4-2/h1-5,7-9H;3-4H2,1-2H3. The third-order valence-corrected chi connectivity index (χ3v) is 1.60. The topological polar surface area (TPSA) is 40.5 Å². The van der Waals surface area contributed by atoms with Crippen LogP contribution in [0.25, 0.3) is 0 Å². The molecule has 1 rings (SSSR count). The van der Waals surface area contributed by atoms with Crippen LogP contribution < -0.4 is 0 Å². The van der Waals surface area contributed by atoms with Crippen LogP contribution in [0, 0.1) is 0 Å². The van der Waals surface area contributed by atoms with E-state index in [-0.39, 0.29) is 0 Å². The zero-order valence-electron chi connectivity index (χ0n) is 8.27. The first-order valence-electron chi connectivity index (χ1n) is 4.63. The molecule has 0 fully saturated rings. The molecule has 0 bridgehead atoms. The zero-order chi connectivity index (χ0) is 10.1. The highest BCUT2D eigenvalue weighted by molar-refractivity contribution is 5.15. The lowest BCUT2D eigenvalue weighted by atomic mass is 10.2. The Balaban J connectivity index is 0.000000310. The van der Waals surface area contributed by atoms with Gasteiger partial charge in [0.05, 0.1) is 0 Å². The number of hydrogen-bond acceptors (Lipinski definition) is 2. The molecule has 0 aliphatic carbocycles. The number of rotatable bonds is 2. The van der Waals surface area contributed by atoms with Gasteiger partial charge >= 0.3 is 0 Å². The van der Waals surface area contributed by atoms with Gasteiger partial charge in [-0.05, 0) is 0 Å². The van der Waals surface area contributed by atoms with E-state index in [9.17, 15) is 0 Å². The molecule has 1 aromatic rings. The second-order valence-electron chi connectivity index (χ2n) is 2.78. The molecule has 0 saturated carbocycles. The van der Waals surface area contributed by atoms with Crippen molar-refractivity contribution in [2.24, 2.45) is 0 Å². The molecule has 13 heavy (non-hydrogen) atoms. The van der Waals surface area contributed by atoms with Gasteiger partial charge in [0, 0.05) is 5.56 Å². The van der Waals surface area contributed by atoms with Crippen LogP contribution in [0.15, 0.2) is 30.3 Å². The summed E-state index contributed by atoms with van der Waals surface area (Å²) in [5.41, 5.74) is 0.525. The molecule has 0 aliphatic rings. The highest BCUT2D eigenvalue weighted by atomic mass is 16.5. The Morgan fingerprint density at radius 2 is 1.46 bits per heavy atom. The number of hydrogen-bond donors (Lipinski definition) is 2.